The van der Waals surface area contributed by atoms with Gasteiger partial charge in [-0.3, -0.25) is 0 Å². The summed E-state index contributed by atoms with van der Waals surface area (Å²) in [4.78, 5) is 4.60. The molecule has 0 atom stereocenters. The smallest absolute Gasteiger partial charge is 0.124 e. The van der Waals surface area contributed by atoms with E-state index in [1.54, 1.807) is 30.3 Å². The van der Waals surface area contributed by atoms with Crippen LogP contribution in [0.4, 0.5) is 11.4 Å². The molecule has 1 aromatic heterocycles. The van der Waals surface area contributed by atoms with E-state index in [4.69, 9.17) is 0 Å². The standard InChI is InChI=1S/C20H15N3O2S/c1-12-10-15(24)6-8-17(12)23-22-14-4-2-13(3-5-14)20-21-18-9-7-16(25)11-19(18)26-20/h2-11,24-25H,1H3/b23-22+. The summed E-state index contributed by atoms with van der Waals surface area (Å²) in [6, 6.07) is 17.8. The lowest BCUT2D eigenvalue weighted by molar-refractivity contribution is 0.474. The number of aromatic nitrogens is 1. The first kappa shape index (κ1) is 16.2. The Bertz CT molecular complexity index is 1120. The number of phenols is 2. The summed E-state index contributed by atoms with van der Waals surface area (Å²) < 4.78 is 0.951. The highest BCUT2D eigenvalue weighted by Gasteiger charge is 2.07. The number of aromatic hydroxyl groups is 2. The molecular formula is C20H15N3O2S. The number of thiazole rings is 1. The fourth-order valence-electron chi connectivity index (χ4n) is 2.57. The Morgan fingerprint density at radius 1 is 0.846 bits per heavy atom. The zero-order chi connectivity index (χ0) is 18.1. The first-order valence-electron chi connectivity index (χ1n) is 8.00. The van der Waals surface area contributed by atoms with Crippen molar-refractivity contribution in [3.05, 3.63) is 66.2 Å². The van der Waals surface area contributed by atoms with Crippen molar-refractivity contribution in [1.29, 1.82) is 0 Å². The van der Waals surface area contributed by atoms with Gasteiger partial charge in [0.15, 0.2) is 0 Å². The van der Waals surface area contributed by atoms with Crippen LogP contribution in [0.25, 0.3) is 20.8 Å². The van der Waals surface area contributed by atoms with Crippen molar-refractivity contribution in [2.45, 2.75) is 6.92 Å². The van der Waals surface area contributed by atoms with Crippen LogP contribution in [-0.4, -0.2) is 15.2 Å². The van der Waals surface area contributed by atoms with E-state index in [-0.39, 0.29) is 11.5 Å². The zero-order valence-corrected chi connectivity index (χ0v) is 14.7. The van der Waals surface area contributed by atoms with Crippen molar-refractivity contribution in [2.24, 2.45) is 10.2 Å². The molecule has 26 heavy (non-hydrogen) atoms. The lowest BCUT2D eigenvalue weighted by atomic mass is 10.2. The third-order valence-corrected chi connectivity index (χ3v) is 5.01. The molecule has 4 aromatic rings. The second-order valence-electron chi connectivity index (χ2n) is 5.89. The third kappa shape index (κ3) is 3.27. The second kappa shape index (κ2) is 6.57. The number of fused-ring (bicyclic) bond motifs is 1. The van der Waals surface area contributed by atoms with Crippen molar-refractivity contribution >= 4 is 32.9 Å². The predicted molar refractivity (Wildman–Crippen MR) is 104 cm³/mol. The SMILES string of the molecule is Cc1cc(O)ccc1/N=N/c1ccc(-c2nc3ccc(O)cc3s2)cc1. The zero-order valence-electron chi connectivity index (χ0n) is 13.9. The van der Waals surface area contributed by atoms with E-state index in [1.807, 2.05) is 37.3 Å². The fraction of sp³-hybridized carbons (Fsp3) is 0.0500. The van der Waals surface area contributed by atoms with Crippen LogP contribution >= 0.6 is 11.3 Å². The van der Waals surface area contributed by atoms with E-state index >= 15 is 0 Å². The highest BCUT2D eigenvalue weighted by atomic mass is 32.1. The van der Waals surface area contributed by atoms with Crippen LogP contribution in [0.5, 0.6) is 11.5 Å². The highest BCUT2D eigenvalue weighted by Crippen LogP contribution is 2.33. The van der Waals surface area contributed by atoms with Crippen LogP contribution < -0.4 is 0 Å². The highest BCUT2D eigenvalue weighted by molar-refractivity contribution is 7.21. The number of nitrogens with zero attached hydrogens (tertiary/aromatic N) is 3. The van der Waals surface area contributed by atoms with E-state index < -0.39 is 0 Å². The molecule has 0 saturated carbocycles. The second-order valence-corrected chi connectivity index (χ2v) is 6.92. The number of hydrogen-bond acceptors (Lipinski definition) is 6. The normalized spacial score (nSPS) is 11.4. The number of rotatable bonds is 3. The van der Waals surface area contributed by atoms with E-state index in [0.29, 0.717) is 0 Å². The molecule has 0 unspecified atom stereocenters. The summed E-state index contributed by atoms with van der Waals surface area (Å²) in [7, 11) is 0. The van der Waals surface area contributed by atoms with Crippen LogP contribution in [0.2, 0.25) is 0 Å². The van der Waals surface area contributed by atoms with Gasteiger partial charge >= 0.3 is 0 Å². The monoisotopic (exact) mass is 361 g/mol. The molecule has 0 amide bonds. The Kier molecular flexibility index (Phi) is 4.10. The maximum Gasteiger partial charge on any atom is 0.124 e. The van der Waals surface area contributed by atoms with Crippen LogP contribution in [0.1, 0.15) is 5.56 Å². The molecule has 0 aliphatic carbocycles. The Balaban J connectivity index is 1.58. The maximum atomic E-state index is 9.58. The third-order valence-electron chi connectivity index (χ3n) is 3.94. The van der Waals surface area contributed by atoms with Gasteiger partial charge in [0.1, 0.15) is 16.5 Å². The summed E-state index contributed by atoms with van der Waals surface area (Å²) in [5.74, 6) is 0.461. The molecule has 0 saturated heterocycles. The van der Waals surface area contributed by atoms with Gasteiger partial charge in [-0.05, 0) is 73.2 Å². The molecule has 4 rings (SSSR count). The Morgan fingerprint density at radius 2 is 1.58 bits per heavy atom. The molecule has 6 heteroatoms. The number of benzene rings is 3. The Labute approximate surface area is 153 Å². The minimum atomic E-state index is 0.218. The molecule has 2 N–H and O–H groups in total. The molecule has 128 valence electrons. The van der Waals surface area contributed by atoms with Crippen LogP contribution in [0.15, 0.2) is 70.9 Å². The first-order chi connectivity index (χ1) is 12.6. The molecule has 0 aliphatic heterocycles. The molecule has 1 heterocycles. The minimum absolute atomic E-state index is 0.218. The minimum Gasteiger partial charge on any atom is -0.508 e. The van der Waals surface area contributed by atoms with E-state index in [1.165, 1.54) is 11.3 Å². The van der Waals surface area contributed by atoms with E-state index in [9.17, 15) is 10.2 Å². The molecule has 0 aliphatic rings. The topological polar surface area (TPSA) is 78.1 Å². The number of aryl methyl sites for hydroxylation is 1. The molecule has 0 fully saturated rings. The number of phenolic OH excluding ortho intramolecular Hbond substituents is 2. The van der Waals surface area contributed by atoms with Gasteiger partial charge in [0.25, 0.3) is 0 Å². The molecule has 5 nitrogen and oxygen atoms in total. The van der Waals surface area contributed by atoms with Crippen LogP contribution in [0.3, 0.4) is 0 Å². The average Bonchev–Trinajstić information content (AvgIpc) is 3.04. The summed E-state index contributed by atoms with van der Waals surface area (Å²) in [5.41, 5.74) is 4.18. The lowest BCUT2D eigenvalue weighted by Crippen LogP contribution is -1.75. The van der Waals surface area contributed by atoms with E-state index in [0.717, 1.165) is 37.7 Å². The Hall–Kier alpha value is -3.25. The molecule has 0 spiro atoms. The van der Waals surface area contributed by atoms with Crippen molar-refractivity contribution in [3.63, 3.8) is 0 Å². The van der Waals surface area contributed by atoms with Crippen molar-refractivity contribution in [1.82, 2.24) is 4.98 Å². The van der Waals surface area contributed by atoms with Gasteiger partial charge in [0, 0.05) is 5.56 Å². The molecule has 3 aromatic carbocycles. The molecular weight excluding hydrogens is 346 g/mol. The fourth-order valence-corrected chi connectivity index (χ4v) is 3.58. The number of hydrogen-bond donors (Lipinski definition) is 2. The Morgan fingerprint density at radius 3 is 2.35 bits per heavy atom. The maximum absolute atomic E-state index is 9.58. The van der Waals surface area contributed by atoms with Crippen LogP contribution in [0, 0.1) is 6.92 Å². The van der Waals surface area contributed by atoms with Gasteiger partial charge in [-0.2, -0.15) is 10.2 Å². The summed E-state index contributed by atoms with van der Waals surface area (Å²) in [6.45, 7) is 1.88. The van der Waals surface area contributed by atoms with Crippen molar-refractivity contribution in [2.75, 3.05) is 0 Å². The van der Waals surface area contributed by atoms with E-state index in [2.05, 4.69) is 15.2 Å². The largest absolute Gasteiger partial charge is 0.508 e. The van der Waals surface area contributed by atoms with Gasteiger partial charge < -0.3 is 10.2 Å². The van der Waals surface area contributed by atoms with Gasteiger partial charge in [-0.25, -0.2) is 4.98 Å². The summed E-state index contributed by atoms with van der Waals surface area (Å²) in [6.07, 6.45) is 0. The molecule has 0 bridgehead atoms. The summed E-state index contributed by atoms with van der Waals surface area (Å²) >= 11 is 1.54. The average molecular weight is 361 g/mol. The van der Waals surface area contributed by atoms with Gasteiger partial charge in [-0.1, -0.05) is 0 Å². The van der Waals surface area contributed by atoms with Gasteiger partial charge in [-0.15, -0.1) is 11.3 Å². The van der Waals surface area contributed by atoms with Crippen molar-refractivity contribution < 1.29 is 10.2 Å². The lowest BCUT2D eigenvalue weighted by Gasteiger charge is -2.00. The van der Waals surface area contributed by atoms with Gasteiger partial charge in [0.2, 0.25) is 0 Å². The predicted octanol–water partition coefficient (Wildman–Crippen LogP) is 6.10. The quantitative estimate of drug-likeness (QED) is 0.433. The number of azo groups is 1. The van der Waals surface area contributed by atoms with Crippen LogP contribution in [-0.2, 0) is 0 Å². The molecule has 0 radical (unpaired) electrons. The van der Waals surface area contributed by atoms with Crippen molar-refractivity contribution in [3.8, 4) is 22.1 Å². The first-order valence-corrected chi connectivity index (χ1v) is 8.81. The van der Waals surface area contributed by atoms with Gasteiger partial charge in [0.05, 0.1) is 21.6 Å². The summed E-state index contributed by atoms with van der Waals surface area (Å²) in [5, 5.41) is 28.4.